The Kier molecular flexibility index (Phi) is 5.64. The van der Waals surface area contributed by atoms with Crippen molar-refractivity contribution >= 4 is 5.91 Å². The number of nitrogens with two attached hydrogens (primary N) is 1. The summed E-state index contributed by atoms with van der Waals surface area (Å²) in [5.41, 5.74) is 6.17. The van der Waals surface area contributed by atoms with Crippen LogP contribution in [0.1, 0.15) is 18.4 Å². The molecule has 1 amide bonds. The van der Waals surface area contributed by atoms with E-state index in [-0.39, 0.29) is 30.4 Å². The SMILES string of the molecule is NC(C(=O)NCCc1cccc(F)c1F)C1CCOCC1. The molecular weight excluding hydrogens is 278 g/mol. The second kappa shape index (κ2) is 7.47. The van der Waals surface area contributed by atoms with Crippen LogP contribution in [-0.4, -0.2) is 31.7 Å². The molecule has 1 aliphatic heterocycles. The maximum atomic E-state index is 13.4. The zero-order valence-corrected chi connectivity index (χ0v) is 11.8. The number of carbonyl (C=O) groups excluding carboxylic acids is 1. The first kappa shape index (κ1) is 15.9. The molecule has 6 heteroatoms. The summed E-state index contributed by atoms with van der Waals surface area (Å²) in [4.78, 5) is 11.9. The van der Waals surface area contributed by atoms with Crippen LogP contribution in [0, 0.1) is 17.6 Å². The lowest BCUT2D eigenvalue weighted by Crippen LogP contribution is -2.47. The maximum Gasteiger partial charge on any atom is 0.237 e. The van der Waals surface area contributed by atoms with E-state index in [1.54, 1.807) is 0 Å². The van der Waals surface area contributed by atoms with Gasteiger partial charge < -0.3 is 15.8 Å². The van der Waals surface area contributed by atoms with Crippen molar-refractivity contribution in [3.8, 4) is 0 Å². The lowest BCUT2D eigenvalue weighted by molar-refractivity contribution is -0.124. The maximum absolute atomic E-state index is 13.4. The predicted molar refractivity (Wildman–Crippen MR) is 74.6 cm³/mol. The molecule has 0 saturated carbocycles. The largest absolute Gasteiger partial charge is 0.381 e. The smallest absolute Gasteiger partial charge is 0.237 e. The fraction of sp³-hybridized carbons (Fsp3) is 0.533. The molecule has 116 valence electrons. The number of rotatable bonds is 5. The Morgan fingerprint density at radius 3 is 2.81 bits per heavy atom. The minimum absolute atomic E-state index is 0.115. The van der Waals surface area contributed by atoms with Crippen LogP contribution in [0.25, 0.3) is 0 Å². The van der Waals surface area contributed by atoms with Gasteiger partial charge in [0.05, 0.1) is 6.04 Å². The summed E-state index contributed by atoms with van der Waals surface area (Å²) in [5.74, 6) is -1.87. The van der Waals surface area contributed by atoms with Crippen LogP contribution >= 0.6 is 0 Å². The Hall–Kier alpha value is -1.53. The van der Waals surface area contributed by atoms with Gasteiger partial charge in [-0.25, -0.2) is 8.78 Å². The quantitative estimate of drug-likeness (QED) is 0.863. The average Bonchev–Trinajstić information content (AvgIpc) is 2.51. The first-order valence-corrected chi connectivity index (χ1v) is 7.13. The fourth-order valence-corrected chi connectivity index (χ4v) is 2.47. The Morgan fingerprint density at radius 2 is 2.10 bits per heavy atom. The summed E-state index contributed by atoms with van der Waals surface area (Å²) in [5, 5.41) is 2.68. The van der Waals surface area contributed by atoms with Crippen molar-refractivity contribution in [2.75, 3.05) is 19.8 Å². The molecule has 0 aromatic heterocycles. The van der Waals surface area contributed by atoms with Gasteiger partial charge >= 0.3 is 0 Å². The zero-order chi connectivity index (χ0) is 15.2. The van der Waals surface area contributed by atoms with E-state index in [2.05, 4.69) is 5.32 Å². The molecule has 1 aromatic rings. The van der Waals surface area contributed by atoms with E-state index in [9.17, 15) is 13.6 Å². The number of nitrogens with one attached hydrogen (secondary N) is 1. The molecule has 1 fully saturated rings. The van der Waals surface area contributed by atoms with Gasteiger partial charge in [-0.05, 0) is 36.8 Å². The minimum Gasteiger partial charge on any atom is -0.381 e. The van der Waals surface area contributed by atoms with Gasteiger partial charge in [0.2, 0.25) is 5.91 Å². The number of ether oxygens (including phenoxy) is 1. The summed E-state index contributed by atoms with van der Waals surface area (Å²) in [6, 6.07) is 3.44. The molecular formula is C15H20F2N2O2. The molecule has 21 heavy (non-hydrogen) atoms. The van der Waals surface area contributed by atoms with Crippen molar-refractivity contribution < 1.29 is 18.3 Å². The predicted octanol–water partition coefficient (Wildman–Crippen LogP) is 1.38. The molecule has 4 nitrogen and oxygen atoms in total. The van der Waals surface area contributed by atoms with E-state index in [4.69, 9.17) is 10.5 Å². The van der Waals surface area contributed by atoms with Crippen LogP contribution in [0.15, 0.2) is 18.2 Å². The van der Waals surface area contributed by atoms with Crippen LogP contribution in [-0.2, 0) is 16.0 Å². The van der Waals surface area contributed by atoms with Crippen molar-refractivity contribution in [1.82, 2.24) is 5.32 Å². The highest BCUT2D eigenvalue weighted by atomic mass is 19.2. The monoisotopic (exact) mass is 298 g/mol. The van der Waals surface area contributed by atoms with Crippen molar-refractivity contribution in [3.05, 3.63) is 35.4 Å². The number of amides is 1. The third kappa shape index (κ3) is 4.22. The van der Waals surface area contributed by atoms with Gasteiger partial charge in [-0.3, -0.25) is 4.79 Å². The van der Waals surface area contributed by atoms with Crippen molar-refractivity contribution in [1.29, 1.82) is 0 Å². The number of benzene rings is 1. The Balaban J connectivity index is 1.79. The van der Waals surface area contributed by atoms with Crippen LogP contribution in [0.3, 0.4) is 0 Å². The van der Waals surface area contributed by atoms with Gasteiger partial charge in [0.1, 0.15) is 0 Å². The standard InChI is InChI=1S/C15H20F2N2O2/c16-12-3-1-2-10(13(12)17)4-7-19-15(20)14(18)11-5-8-21-9-6-11/h1-3,11,14H,4-9,18H2,(H,19,20). The second-order valence-electron chi connectivity index (χ2n) is 5.23. The molecule has 0 spiro atoms. The van der Waals surface area contributed by atoms with Gasteiger partial charge in [0, 0.05) is 19.8 Å². The lowest BCUT2D eigenvalue weighted by Gasteiger charge is -2.26. The highest BCUT2D eigenvalue weighted by molar-refractivity contribution is 5.81. The van der Waals surface area contributed by atoms with E-state index in [1.165, 1.54) is 12.1 Å². The van der Waals surface area contributed by atoms with Gasteiger partial charge in [-0.15, -0.1) is 0 Å². The highest BCUT2D eigenvalue weighted by Gasteiger charge is 2.26. The molecule has 3 N–H and O–H groups in total. The molecule has 1 saturated heterocycles. The second-order valence-corrected chi connectivity index (χ2v) is 5.23. The molecule has 1 unspecified atom stereocenters. The van der Waals surface area contributed by atoms with E-state index in [1.807, 2.05) is 0 Å². The third-order valence-electron chi connectivity index (χ3n) is 3.80. The van der Waals surface area contributed by atoms with Crippen LogP contribution < -0.4 is 11.1 Å². The summed E-state index contributed by atoms with van der Waals surface area (Å²) >= 11 is 0. The first-order chi connectivity index (χ1) is 10.1. The average molecular weight is 298 g/mol. The first-order valence-electron chi connectivity index (χ1n) is 7.13. The van der Waals surface area contributed by atoms with Gasteiger partial charge in [0.25, 0.3) is 0 Å². The van der Waals surface area contributed by atoms with E-state index >= 15 is 0 Å². The molecule has 0 radical (unpaired) electrons. The molecule has 1 aromatic carbocycles. The molecule has 0 aliphatic carbocycles. The molecule has 1 aliphatic rings. The Morgan fingerprint density at radius 1 is 1.38 bits per heavy atom. The minimum atomic E-state index is -0.877. The van der Waals surface area contributed by atoms with Gasteiger partial charge in [-0.1, -0.05) is 12.1 Å². The van der Waals surface area contributed by atoms with Crippen molar-refractivity contribution in [2.24, 2.45) is 11.7 Å². The highest BCUT2D eigenvalue weighted by Crippen LogP contribution is 2.17. The van der Waals surface area contributed by atoms with Crippen LogP contribution in [0.5, 0.6) is 0 Å². The molecule has 0 bridgehead atoms. The summed E-state index contributed by atoms with van der Waals surface area (Å²) in [6.45, 7) is 1.48. The molecule has 1 atom stereocenters. The van der Waals surface area contributed by atoms with E-state index < -0.39 is 17.7 Å². The van der Waals surface area contributed by atoms with Crippen molar-refractivity contribution in [2.45, 2.75) is 25.3 Å². The Labute approximate surface area is 122 Å². The van der Waals surface area contributed by atoms with Crippen LogP contribution in [0.4, 0.5) is 8.78 Å². The van der Waals surface area contributed by atoms with E-state index in [0.717, 1.165) is 18.9 Å². The molecule has 1 heterocycles. The lowest BCUT2D eigenvalue weighted by atomic mass is 9.92. The number of hydrogen-bond donors (Lipinski definition) is 2. The topological polar surface area (TPSA) is 64.4 Å². The summed E-state index contributed by atoms with van der Waals surface area (Å²) in [6.07, 6.45) is 1.77. The number of hydrogen-bond acceptors (Lipinski definition) is 3. The number of halogens is 2. The van der Waals surface area contributed by atoms with Crippen LogP contribution in [0.2, 0.25) is 0 Å². The molecule has 2 rings (SSSR count). The summed E-state index contributed by atoms with van der Waals surface area (Å²) in [7, 11) is 0. The van der Waals surface area contributed by atoms with Gasteiger partial charge in [0.15, 0.2) is 11.6 Å². The zero-order valence-electron chi connectivity index (χ0n) is 11.8. The Bertz CT molecular complexity index is 491. The number of carbonyl (C=O) groups is 1. The van der Waals surface area contributed by atoms with E-state index in [0.29, 0.717) is 13.2 Å². The van der Waals surface area contributed by atoms with Gasteiger partial charge in [-0.2, -0.15) is 0 Å². The summed E-state index contributed by atoms with van der Waals surface area (Å²) < 4.78 is 31.7. The fourth-order valence-electron chi connectivity index (χ4n) is 2.47. The van der Waals surface area contributed by atoms with Crippen molar-refractivity contribution in [3.63, 3.8) is 0 Å². The third-order valence-corrected chi connectivity index (χ3v) is 3.80. The normalized spacial score (nSPS) is 17.5.